The summed E-state index contributed by atoms with van der Waals surface area (Å²) in [5, 5.41) is 0.970. The van der Waals surface area contributed by atoms with E-state index in [4.69, 9.17) is 0 Å². The van der Waals surface area contributed by atoms with Crippen molar-refractivity contribution in [2.75, 3.05) is 20.1 Å². The fourth-order valence-corrected chi connectivity index (χ4v) is 4.20. The summed E-state index contributed by atoms with van der Waals surface area (Å²) >= 11 is 1.51. The molecular formula is C14H21N3OS. The number of aryl methyl sites for hydroxylation is 1. The lowest BCUT2D eigenvalue weighted by Crippen LogP contribution is -2.46. The Hall–Kier alpha value is -0.940. The maximum absolute atomic E-state index is 12.6. The molecule has 2 aliphatic heterocycles. The smallest absolute Gasteiger partial charge is 0.265 e. The van der Waals surface area contributed by atoms with E-state index in [2.05, 4.69) is 21.8 Å². The number of thiazole rings is 1. The van der Waals surface area contributed by atoms with Crippen molar-refractivity contribution < 1.29 is 4.79 Å². The molecule has 1 amide bonds. The molecule has 2 aliphatic rings. The highest BCUT2D eigenvalue weighted by Gasteiger charge is 2.38. The molecule has 2 atom stereocenters. The zero-order valence-corrected chi connectivity index (χ0v) is 12.4. The van der Waals surface area contributed by atoms with Crippen LogP contribution in [0.3, 0.4) is 0 Å². The Morgan fingerprint density at radius 1 is 1.32 bits per heavy atom. The first-order valence-electron chi connectivity index (χ1n) is 7.10. The predicted octanol–water partition coefficient (Wildman–Crippen LogP) is 2.15. The number of likely N-dealkylation sites (tertiary alicyclic amines) is 2. The highest BCUT2D eigenvalue weighted by molar-refractivity contribution is 7.13. The zero-order valence-electron chi connectivity index (χ0n) is 11.6. The van der Waals surface area contributed by atoms with Gasteiger partial charge >= 0.3 is 0 Å². The van der Waals surface area contributed by atoms with Crippen LogP contribution in [-0.2, 0) is 0 Å². The molecule has 2 saturated heterocycles. The first-order valence-corrected chi connectivity index (χ1v) is 7.92. The molecule has 5 heteroatoms. The van der Waals surface area contributed by atoms with Crippen LogP contribution in [-0.4, -0.2) is 52.9 Å². The largest absolute Gasteiger partial charge is 0.333 e. The van der Waals surface area contributed by atoms with Crippen molar-refractivity contribution in [2.45, 2.75) is 44.7 Å². The topological polar surface area (TPSA) is 36.4 Å². The molecule has 3 rings (SSSR count). The van der Waals surface area contributed by atoms with Crippen LogP contribution in [0.2, 0.25) is 0 Å². The molecule has 2 unspecified atom stereocenters. The molecule has 0 aromatic carbocycles. The average molecular weight is 279 g/mol. The third-order valence-corrected chi connectivity index (χ3v) is 5.31. The van der Waals surface area contributed by atoms with Crippen LogP contribution in [0.15, 0.2) is 6.20 Å². The molecule has 2 fully saturated rings. The highest BCUT2D eigenvalue weighted by Crippen LogP contribution is 2.30. The summed E-state index contributed by atoms with van der Waals surface area (Å²) in [6, 6.07) is 0.961. The molecule has 0 N–H and O–H groups in total. The van der Waals surface area contributed by atoms with Crippen LogP contribution in [0.5, 0.6) is 0 Å². The van der Waals surface area contributed by atoms with Gasteiger partial charge in [-0.1, -0.05) is 0 Å². The maximum atomic E-state index is 12.6. The Kier molecular flexibility index (Phi) is 3.58. The van der Waals surface area contributed by atoms with E-state index in [-0.39, 0.29) is 5.91 Å². The second-order valence-electron chi connectivity index (χ2n) is 5.64. The van der Waals surface area contributed by atoms with E-state index in [9.17, 15) is 4.79 Å². The lowest BCUT2D eigenvalue weighted by Gasteiger charge is -2.33. The third kappa shape index (κ3) is 2.41. The van der Waals surface area contributed by atoms with E-state index < -0.39 is 0 Å². The third-order valence-electron chi connectivity index (χ3n) is 4.41. The Morgan fingerprint density at radius 2 is 2.05 bits per heavy atom. The van der Waals surface area contributed by atoms with Gasteiger partial charge in [-0.15, -0.1) is 11.3 Å². The number of rotatable bonds is 2. The molecule has 0 bridgehead atoms. The average Bonchev–Trinajstić information content (AvgIpc) is 3.07. The molecule has 4 nitrogen and oxygen atoms in total. The SMILES string of the molecule is Cc1ncc(C(=O)N2CCCC2C2CCCN2C)s1. The van der Waals surface area contributed by atoms with E-state index in [1.54, 1.807) is 6.20 Å². The molecule has 0 saturated carbocycles. The van der Waals surface area contributed by atoms with Crippen molar-refractivity contribution in [3.8, 4) is 0 Å². The van der Waals surface area contributed by atoms with Gasteiger partial charge in [-0.2, -0.15) is 0 Å². The van der Waals surface area contributed by atoms with E-state index in [1.807, 2.05) is 6.92 Å². The summed E-state index contributed by atoms with van der Waals surface area (Å²) in [5.74, 6) is 0.188. The maximum Gasteiger partial charge on any atom is 0.265 e. The highest BCUT2D eigenvalue weighted by atomic mass is 32.1. The number of likely N-dealkylation sites (N-methyl/N-ethyl adjacent to an activating group) is 1. The molecule has 0 spiro atoms. The van der Waals surface area contributed by atoms with Gasteiger partial charge in [0.15, 0.2) is 0 Å². The van der Waals surface area contributed by atoms with E-state index in [0.29, 0.717) is 12.1 Å². The van der Waals surface area contributed by atoms with Crippen molar-refractivity contribution in [1.82, 2.24) is 14.8 Å². The normalized spacial score (nSPS) is 28.2. The Bertz CT molecular complexity index is 473. The summed E-state index contributed by atoms with van der Waals surface area (Å²) in [4.78, 5) is 22.1. The van der Waals surface area contributed by atoms with Crippen LogP contribution in [0, 0.1) is 6.92 Å². The molecular weight excluding hydrogens is 258 g/mol. The number of nitrogens with zero attached hydrogens (tertiary/aromatic N) is 3. The van der Waals surface area contributed by atoms with Gasteiger partial charge in [-0.25, -0.2) is 4.98 Å². The Balaban J connectivity index is 1.77. The van der Waals surface area contributed by atoms with Crippen molar-refractivity contribution in [3.63, 3.8) is 0 Å². The van der Waals surface area contributed by atoms with E-state index >= 15 is 0 Å². The van der Waals surface area contributed by atoms with Crippen LogP contribution in [0.4, 0.5) is 0 Å². The lowest BCUT2D eigenvalue weighted by atomic mass is 10.0. The van der Waals surface area contributed by atoms with E-state index in [0.717, 1.165) is 29.3 Å². The minimum absolute atomic E-state index is 0.188. The standard InChI is InChI=1S/C14H21N3OS/c1-10-15-9-13(19-10)14(18)17-8-4-6-12(17)11-5-3-7-16(11)2/h9,11-12H,3-8H2,1-2H3. The summed E-state index contributed by atoms with van der Waals surface area (Å²) < 4.78 is 0. The minimum atomic E-state index is 0.188. The summed E-state index contributed by atoms with van der Waals surface area (Å²) in [6.07, 6.45) is 6.51. The van der Waals surface area contributed by atoms with Gasteiger partial charge in [0.1, 0.15) is 4.88 Å². The van der Waals surface area contributed by atoms with Gasteiger partial charge in [-0.3, -0.25) is 4.79 Å². The molecule has 1 aromatic rings. The fourth-order valence-electron chi connectivity index (χ4n) is 3.47. The molecule has 0 aliphatic carbocycles. The molecule has 104 valence electrons. The monoisotopic (exact) mass is 279 g/mol. The Morgan fingerprint density at radius 3 is 2.68 bits per heavy atom. The van der Waals surface area contributed by atoms with Gasteiger partial charge in [0.05, 0.1) is 11.2 Å². The second kappa shape index (κ2) is 5.21. The van der Waals surface area contributed by atoms with Crippen molar-refractivity contribution >= 4 is 17.2 Å². The molecule has 1 aromatic heterocycles. The van der Waals surface area contributed by atoms with Gasteiger partial charge in [0, 0.05) is 18.6 Å². The predicted molar refractivity (Wildman–Crippen MR) is 76.6 cm³/mol. The van der Waals surface area contributed by atoms with Gasteiger partial charge in [0.25, 0.3) is 5.91 Å². The number of carbonyl (C=O) groups excluding carboxylic acids is 1. The summed E-state index contributed by atoms with van der Waals surface area (Å²) in [5.41, 5.74) is 0. The minimum Gasteiger partial charge on any atom is -0.333 e. The summed E-state index contributed by atoms with van der Waals surface area (Å²) in [7, 11) is 2.19. The second-order valence-corrected chi connectivity index (χ2v) is 6.88. The fraction of sp³-hybridized carbons (Fsp3) is 0.714. The Labute approximate surface area is 118 Å². The number of aromatic nitrogens is 1. The molecule has 19 heavy (non-hydrogen) atoms. The zero-order chi connectivity index (χ0) is 13.4. The quantitative estimate of drug-likeness (QED) is 0.832. The first kappa shape index (κ1) is 13.1. The number of carbonyl (C=O) groups is 1. The molecule has 3 heterocycles. The number of amides is 1. The van der Waals surface area contributed by atoms with Crippen molar-refractivity contribution in [2.24, 2.45) is 0 Å². The van der Waals surface area contributed by atoms with Gasteiger partial charge in [-0.05, 0) is 46.2 Å². The van der Waals surface area contributed by atoms with Crippen LogP contribution in [0.1, 0.15) is 40.4 Å². The van der Waals surface area contributed by atoms with Gasteiger partial charge in [0.2, 0.25) is 0 Å². The number of hydrogen-bond donors (Lipinski definition) is 0. The summed E-state index contributed by atoms with van der Waals surface area (Å²) in [6.45, 7) is 4.03. The molecule has 0 radical (unpaired) electrons. The van der Waals surface area contributed by atoms with Crippen molar-refractivity contribution in [1.29, 1.82) is 0 Å². The van der Waals surface area contributed by atoms with E-state index in [1.165, 1.54) is 30.7 Å². The van der Waals surface area contributed by atoms with Crippen LogP contribution < -0.4 is 0 Å². The first-order chi connectivity index (χ1) is 9.16. The van der Waals surface area contributed by atoms with Gasteiger partial charge < -0.3 is 9.80 Å². The van der Waals surface area contributed by atoms with Crippen LogP contribution >= 0.6 is 11.3 Å². The lowest BCUT2D eigenvalue weighted by molar-refractivity contribution is 0.0669. The van der Waals surface area contributed by atoms with Crippen LogP contribution in [0.25, 0.3) is 0 Å². The van der Waals surface area contributed by atoms with Crippen molar-refractivity contribution in [3.05, 3.63) is 16.1 Å². The number of hydrogen-bond acceptors (Lipinski definition) is 4.